The predicted molar refractivity (Wildman–Crippen MR) is 48.3 cm³/mol. The Labute approximate surface area is 84.3 Å². The lowest BCUT2D eigenvalue weighted by Gasteiger charge is -2.19. The minimum Gasteiger partial charge on any atom is -0.204 e. The third kappa shape index (κ3) is 1.87. The Balaban J connectivity index is 3.56. The van der Waals surface area contributed by atoms with E-state index in [0.29, 0.717) is 0 Å². The van der Waals surface area contributed by atoms with Crippen molar-refractivity contribution in [2.24, 2.45) is 0 Å². The first-order valence-electron chi connectivity index (χ1n) is 3.81. The van der Waals surface area contributed by atoms with Gasteiger partial charge < -0.3 is 0 Å². The van der Waals surface area contributed by atoms with Crippen LogP contribution in [0.15, 0.2) is 6.07 Å². The lowest BCUT2D eigenvalue weighted by Crippen LogP contribution is -2.16. The molecule has 0 aliphatic rings. The SMILES string of the molecule is CC(C)(S)c1c(F)c(F)cc(F)c1F. The van der Waals surface area contributed by atoms with Crippen LogP contribution in [0.5, 0.6) is 0 Å². The molecular weight excluding hydrogens is 216 g/mol. The summed E-state index contributed by atoms with van der Waals surface area (Å²) in [5.41, 5.74) is -0.696. The van der Waals surface area contributed by atoms with Crippen LogP contribution in [0.2, 0.25) is 0 Å². The second kappa shape index (κ2) is 3.46. The van der Waals surface area contributed by atoms with E-state index in [-0.39, 0.29) is 6.07 Å². The molecular formula is C9H8F4S. The first-order valence-corrected chi connectivity index (χ1v) is 4.25. The summed E-state index contributed by atoms with van der Waals surface area (Å²) in [6, 6.07) is 0.174. The van der Waals surface area contributed by atoms with Gasteiger partial charge in [0.15, 0.2) is 23.3 Å². The summed E-state index contributed by atoms with van der Waals surface area (Å²) in [4.78, 5) is 0. The summed E-state index contributed by atoms with van der Waals surface area (Å²) in [6.07, 6.45) is 0. The van der Waals surface area contributed by atoms with Gasteiger partial charge in [-0.3, -0.25) is 0 Å². The van der Waals surface area contributed by atoms with Crippen molar-refractivity contribution < 1.29 is 17.6 Å². The molecule has 0 saturated carbocycles. The van der Waals surface area contributed by atoms with Crippen molar-refractivity contribution >= 4 is 12.6 Å². The van der Waals surface area contributed by atoms with Gasteiger partial charge in [-0.2, -0.15) is 12.6 Å². The first kappa shape index (κ1) is 11.4. The average Bonchev–Trinajstić information content (AvgIpc) is 1.98. The zero-order valence-electron chi connectivity index (χ0n) is 7.54. The second-order valence-electron chi connectivity index (χ2n) is 3.40. The molecule has 0 fully saturated rings. The Hall–Kier alpha value is -0.710. The molecule has 0 atom stereocenters. The van der Waals surface area contributed by atoms with Gasteiger partial charge in [-0.1, -0.05) is 0 Å². The van der Waals surface area contributed by atoms with Crippen LogP contribution in [-0.4, -0.2) is 0 Å². The van der Waals surface area contributed by atoms with Gasteiger partial charge in [-0.25, -0.2) is 17.6 Å². The third-order valence-corrected chi connectivity index (χ3v) is 1.95. The van der Waals surface area contributed by atoms with E-state index in [9.17, 15) is 17.6 Å². The maximum atomic E-state index is 13.1. The lowest BCUT2D eigenvalue weighted by molar-refractivity contribution is 0.427. The van der Waals surface area contributed by atoms with Crippen molar-refractivity contribution in [2.45, 2.75) is 18.6 Å². The van der Waals surface area contributed by atoms with Crippen LogP contribution in [0, 0.1) is 23.3 Å². The van der Waals surface area contributed by atoms with Crippen LogP contribution < -0.4 is 0 Å². The van der Waals surface area contributed by atoms with E-state index in [1.54, 1.807) is 0 Å². The van der Waals surface area contributed by atoms with Crippen molar-refractivity contribution in [3.8, 4) is 0 Å². The lowest BCUT2D eigenvalue weighted by atomic mass is 10.0. The van der Waals surface area contributed by atoms with E-state index in [0.717, 1.165) is 0 Å². The molecule has 0 unspecified atom stereocenters. The molecule has 0 heterocycles. The Kier molecular flexibility index (Phi) is 2.81. The van der Waals surface area contributed by atoms with Crippen LogP contribution >= 0.6 is 12.6 Å². The Bertz CT molecular complexity index is 342. The number of hydrogen-bond acceptors (Lipinski definition) is 1. The van der Waals surface area contributed by atoms with Crippen molar-refractivity contribution in [1.29, 1.82) is 0 Å². The van der Waals surface area contributed by atoms with Crippen LogP contribution in [0.1, 0.15) is 19.4 Å². The molecule has 0 bridgehead atoms. The highest BCUT2D eigenvalue weighted by Gasteiger charge is 2.28. The molecule has 0 aliphatic heterocycles. The highest BCUT2D eigenvalue weighted by Crippen LogP contribution is 2.33. The predicted octanol–water partition coefficient (Wildman–Crippen LogP) is 3.41. The minimum atomic E-state index is -1.42. The molecule has 0 saturated heterocycles. The zero-order valence-corrected chi connectivity index (χ0v) is 8.43. The maximum Gasteiger partial charge on any atom is 0.166 e. The number of hydrogen-bond donors (Lipinski definition) is 1. The standard InChI is InChI=1S/C9H8F4S/c1-9(2,14)6-7(12)4(10)3-5(11)8(6)13/h3,14H,1-2H3. The fourth-order valence-corrected chi connectivity index (χ4v) is 1.31. The van der Waals surface area contributed by atoms with Gasteiger partial charge in [-0.15, -0.1) is 0 Å². The Morgan fingerprint density at radius 2 is 1.36 bits per heavy atom. The highest BCUT2D eigenvalue weighted by atomic mass is 32.1. The molecule has 0 aromatic heterocycles. The normalized spacial score (nSPS) is 11.9. The van der Waals surface area contributed by atoms with Crippen LogP contribution in [0.25, 0.3) is 0 Å². The third-order valence-electron chi connectivity index (χ3n) is 1.72. The van der Waals surface area contributed by atoms with Gasteiger partial charge in [0.2, 0.25) is 0 Å². The average molecular weight is 224 g/mol. The summed E-state index contributed by atoms with van der Waals surface area (Å²) in [5.74, 6) is -5.63. The number of benzene rings is 1. The van der Waals surface area contributed by atoms with Gasteiger partial charge in [-0.05, 0) is 13.8 Å². The zero-order chi connectivity index (χ0) is 11.1. The fraction of sp³-hybridized carbons (Fsp3) is 0.333. The number of rotatable bonds is 1. The molecule has 14 heavy (non-hydrogen) atoms. The largest absolute Gasteiger partial charge is 0.204 e. The van der Waals surface area contributed by atoms with Crippen molar-refractivity contribution in [2.75, 3.05) is 0 Å². The summed E-state index contributed by atoms with van der Waals surface area (Å²) >= 11 is 3.86. The smallest absolute Gasteiger partial charge is 0.166 e. The Morgan fingerprint density at radius 3 is 1.64 bits per heavy atom. The molecule has 0 N–H and O–H groups in total. The molecule has 1 aromatic carbocycles. The monoisotopic (exact) mass is 224 g/mol. The topological polar surface area (TPSA) is 0 Å². The molecule has 5 heteroatoms. The van der Waals surface area contributed by atoms with E-state index in [1.807, 2.05) is 0 Å². The van der Waals surface area contributed by atoms with Crippen molar-refractivity contribution in [3.05, 3.63) is 34.9 Å². The number of halogens is 4. The van der Waals surface area contributed by atoms with Crippen molar-refractivity contribution in [1.82, 2.24) is 0 Å². The number of thiol groups is 1. The Morgan fingerprint density at radius 1 is 1.00 bits per heavy atom. The molecule has 78 valence electrons. The van der Waals surface area contributed by atoms with Crippen LogP contribution in [-0.2, 0) is 4.75 Å². The van der Waals surface area contributed by atoms with Gasteiger partial charge in [0.25, 0.3) is 0 Å². The fourth-order valence-electron chi connectivity index (χ4n) is 1.11. The van der Waals surface area contributed by atoms with E-state index in [4.69, 9.17) is 0 Å². The van der Waals surface area contributed by atoms with Gasteiger partial charge >= 0.3 is 0 Å². The summed E-state index contributed by atoms with van der Waals surface area (Å²) < 4.78 is 50.4. The summed E-state index contributed by atoms with van der Waals surface area (Å²) in [6.45, 7) is 2.69. The molecule has 0 amide bonds. The van der Waals surface area contributed by atoms with E-state index in [2.05, 4.69) is 12.6 Å². The molecule has 0 radical (unpaired) electrons. The molecule has 1 rings (SSSR count). The molecule has 0 aliphatic carbocycles. The van der Waals surface area contributed by atoms with E-state index >= 15 is 0 Å². The van der Waals surface area contributed by atoms with E-state index < -0.39 is 33.6 Å². The summed E-state index contributed by atoms with van der Waals surface area (Å²) in [7, 11) is 0. The maximum absolute atomic E-state index is 13.1. The minimum absolute atomic E-state index is 0.174. The molecule has 0 spiro atoms. The molecule has 0 nitrogen and oxygen atoms in total. The highest BCUT2D eigenvalue weighted by molar-refractivity contribution is 7.81. The summed E-state index contributed by atoms with van der Waals surface area (Å²) in [5, 5.41) is 0. The first-order chi connectivity index (χ1) is 6.25. The van der Waals surface area contributed by atoms with Gasteiger partial charge in [0.05, 0.1) is 0 Å². The molecule has 1 aromatic rings. The van der Waals surface area contributed by atoms with E-state index in [1.165, 1.54) is 13.8 Å². The van der Waals surface area contributed by atoms with Gasteiger partial charge in [0.1, 0.15) is 0 Å². The quantitative estimate of drug-likeness (QED) is 0.422. The van der Waals surface area contributed by atoms with Gasteiger partial charge in [0, 0.05) is 16.4 Å². The van der Waals surface area contributed by atoms with Crippen LogP contribution in [0.4, 0.5) is 17.6 Å². The van der Waals surface area contributed by atoms with Crippen molar-refractivity contribution in [3.63, 3.8) is 0 Å². The van der Waals surface area contributed by atoms with Crippen LogP contribution in [0.3, 0.4) is 0 Å². The second-order valence-corrected chi connectivity index (χ2v) is 4.52.